The maximum Gasteiger partial charge on any atom is 0.264 e. The maximum atomic E-state index is 13.6. The van der Waals surface area contributed by atoms with E-state index in [9.17, 15) is 18.0 Å². The summed E-state index contributed by atoms with van der Waals surface area (Å²) in [6.07, 6.45) is 0.752. The number of sulfonamides is 1. The van der Waals surface area contributed by atoms with Crippen LogP contribution >= 0.6 is 11.3 Å². The molecule has 0 aliphatic carbocycles. The number of ether oxygens (including phenoxy) is 1. The molecule has 0 atom stereocenters. The Morgan fingerprint density at radius 1 is 1.03 bits per heavy atom. The van der Waals surface area contributed by atoms with Crippen LogP contribution < -0.4 is 9.62 Å². The van der Waals surface area contributed by atoms with E-state index >= 15 is 0 Å². The molecule has 1 N–H and O–H groups in total. The number of amides is 2. The van der Waals surface area contributed by atoms with Crippen LogP contribution in [0, 0.1) is 0 Å². The van der Waals surface area contributed by atoms with Gasteiger partial charge in [-0.3, -0.25) is 18.8 Å². The van der Waals surface area contributed by atoms with E-state index in [1.165, 1.54) is 47.0 Å². The van der Waals surface area contributed by atoms with Gasteiger partial charge >= 0.3 is 0 Å². The van der Waals surface area contributed by atoms with Gasteiger partial charge in [-0.1, -0.05) is 25.1 Å². The zero-order valence-corrected chi connectivity index (χ0v) is 23.7. The Kier molecular flexibility index (Phi) is 8.03. The Bertz CT molecular complexity index is 1450. The molecule has 2 aliphatic rings. The standard InChI is InChI=1S/C28H32N4O5S2/c1-3-31-14-13-23-24(19-31)38-27(25(23)28(34)32-15-17-37-18-16-32)29-26(33)20-9-11-22(12-10-20)39(35,36)30(2)21-7-5-4-6-8-21/h4-12H,3,13-19H2,1-2H3,(H,29,33). The van der Waals surface area contributed by atoms with Crippen molar-refractivity contribution in [3.05, 3.63) is 76.2 Å². The van der Waals surface area contributed by atoms with Gasteiger partial charge in [-0.05, 0) is 54.9 Å². The quantitative estimate of drug-likeness (QED) is 0.467. The molecule has 0 unspecified atom stereocenters. The first-order valence-corrected chi connectivity index (χ1v) is 15.2. The smallest absolute Gasteiger partial charge is 0.264 e. The number of hydrogen-bond donors (Lipinski definition) is 1. The second kappa shape index (κ2) is 11.5. The average molecular weight is 569 g/mol. The molecule has 1 fully saturated rings. The number of carbonyl (C=O) groups excluding carboxylic acids is 2. The molecule has 206 valence electrons. The molecule has 39 heavy (non-hydrogen) atoms. The molecule has 2 aliphatic heterocycles. The predicted octanol–water partition coefficient (Wildman–Crippen LogP) is 3.68. The third-order valence-corrected chi connectivity index (χ3v) is 10.1. The second-order valence-electron chi connectivity index (χ2n) is 9.52. The minimum atomic E-state index is -3.80. The van der Waals surface area contributed by atoms with E-state index in [0.29, 0.717) is 48.1 Å². The molecule has 0 bridgehead atoms. The fourth-order valence-corrected chi connectivity index (χ4v) is 7.33. The largest absolute Gasteiger partial charge is 0.378 e. The monoisotopic (exact) mass is 568 g/mol. The van der Waals surface area contributed by atoms with Crippen LogP contribution in [-0.4, -0.2) is 76.5 Å². The first-order valence-electron chi connectivity index (χ1n) is 13.0. The van der Waals surface area contributed by atoms with Gasteiger partial charge in [0.2, 0.25) is 0 Å². The Labute approximate surface area is 233 Å². The van der Waals surface area contributed by atoms with Crippen molar-refractivity contribution in [3.63, 3.8) is 0 Å². The summed E-state index contributed by atoms with van der Waals surface area (Å²) >= 11 is 1.45. The number of benzene rings is 2. The maximum absolute atomic E-state index is 13.6. The predicted molar refractivity (Wildman–Crippen MR) is 152 cm³/mol. The molecule has 3 aromatic rings. The Balaban J connectivity index is 1.39. The number of anilines is 2. The average Bonchev–Trinajstić information content (AvgIpc) is 3.34. The second-order valence-corrected chi connectivity index (χ2v) is 12.6. The third-order valence-electron chi connectivity index (χ3n) is 7.22. The van der Waals surface area contributed by atoms with Crippen LogP contribution in [0.1, 0.15) is 38.1 Å². The van der Waals surface area contributed by atoms with E-state index in [1.807, 2.05) is 6.07 Å². The molecule has 2 aromatic carbocycles. The molecule has 3 heterocycles. The highest BCUT2D eigenvalue weighted by atomic mass is 32.2. The van der Waals surface area contributed by atoms with Gasteiger partial charge < -0.3 is 15.0 Å². The molecule has 2 amide bonds. The van der Waals surface area contributed by atoms with Crippen molar-refractivity contribution in [1.29, 1.82) is 0 Å². The van der Waals surface area contributed by atoms with Crippen LogP contribution in [0.3, 0.4) is 0 Å². The van der Waals surface area contributed by atoms with Gasteiger partial charge in [-0.2, -0.15) is 0 Å². The Morgan fingerprint density at radius 2 is 1.72 bits per heavy atom. The lowest BCUT2D eigenvalue weighted by Crippen LogP contribution is -2.41. The first-order chi connectivity index (χ1) is 18.8. The fraction of sp³-hybridized carbons (Fsp3) is 0.357. The highest BCUT2D eigenvalue weighted by molar-refractivity contribution is 7.92. The highest BCUT2D eigenvalue weighted by Crippen LogP contribution is 2.38. The molecule has 5 rings (SSSR count). The van der Waals surface area contributed by atoms with E-state index in [-0.39, 0.29) is 10.8 Å². The van der Waals surface area contributed by atoms with Crippen molar-refractivity contribution in [2.45, 2.75) is 24.8 Å². The van der Waals surface area contributed by atoms with Crippen molar-refractivity contribution in [2.24, 2.45) is 0 Å². The van der Waals surface area contributed by atoms with Gasteiger partial charge in [0, 0.05) is 43.7 Å². The number of likely N-dealkylation sites (N-methyl/N-ethyl adjacent to an activating group) is 1. The first kappa shape index (κ1) is 27.3. The number of thiophene rings is 1. The SMILES string of the molecule is CCN1CCc2c(sc(NC(=O)c3ccc(S(=O)(=O)N(C)c4ccccc4)cc3)c2C(=O)N2CCOCC2)C1. The topological polar surface area (TPSA) is 99.3 Å². The third kappa shape index (κ3) is 5.58. The number of morpholine rings is 1. The normalized spacial score (nSPS) is 16.0. The Hall–Kier alpha value is -3.25. The molecule has 0 radical (unpaired) electrons. The minimum absolute atomic E-state index is 0.0820. The van der Waals surface area contributed by atoms with Crippen LogP contribution in [0.4, 0.5) is 10.7 Å². The van der Waals surface area contributed by atoms with Crippen molar-refractivity contribution in [2.75, 3.05) is 56.1 Å². The van der Waals surface area contributed by atoms with Gasteiger partial charge in [-0.15, -0.1) is 11.3 Å². The number of nitrogens with zero attached hydrogens (tertiary/aromatic N) is 3. The zero-order chi connectivity index (χ0) is 27.6. The van der Waals surface area contributed by atoms with Crippen LogP contribution in [0.5, 0.6) is 0 Å². The van der Waals surface area contributed by atoms with E-state index in [0.717, 1.165) is 36.5 Å². The Morgan fingerprint density at radius 3 is 2.38 bits per heavy atom. The van der Waals surface area contributed by atoms with Gasteiger partial charge in [-0.25, -0.2) is 8.42 Å². The number of hydrogen-bond acceptors (Lipinski definition) is 7. The highest BCUT2D eigenvalue weighted by Gasteiger charge is 2.31. The molecule has 11 heteroatoms. The lowest BCUT2D eigenvalue weighted by molar-refractivity contribution is 0.0303. The van der Waals surface area contributed by atoms with E-state index in [2.05, 4.69) is 17.1 Å². The number of nitrogens with one attached hydrogen (secondary N) is 1. The molecule has 1 saturated heterocycles. The summed E-state index contributed by atoms with van der Waals surface area (Å²) in [7, 11) is -2.30. The minimum Gasteiger partial charge on any atom is -0.378 e. The number of para-hydroxylation sites is 1. The summed E-state index contributed by atoms with van der Waals surface area (Å²) in [4.78, 5) is 32.2. The van der Waals surface area contributed by atoms with E-state index in [1.54, 1.807) is 29.2 Å². The van der Waals surface area contributed by atoms with Crippen molar-refractivity contribution in [3.8, 4) is 0 Å². The molecule has 9 nitrogen and oxygen atoms in total. The van der Waals surface area contributed by atoms with Crippen LogP contribution in [0.25, 0.3) is 0 Å². The van der Waals surface area contributed by atoms with Gasteiger partial charge in [0.05, 0.1) is 29.4 Å². The van der Waals surface area contributed by atoms with Crippen molar-refractivity contribution >= 4 is 43.9 Å². The van der Waals surface area contributed by atoms with Gasteiger partial charge in [0.25, 0.3) is 21.8 Å². The summed E-state index contributed by atoms with van der Waals surface area (Å²) in [5.41, 5.74) is 2.44. The number of fused-ring (bicyclic) bond motifs is 1. The van der Waals surface area contributed by atoms with E-state index < -0.39 is 15.9 Å². The summed E-state index contributed by atoms with van der Waals surface area (Å²) in [6, 6.07) is 14.7. The van der Waals surface area contributed by atoms with Crippen molar-refractivity contribution in [1.82, 2.24) is 9.80 Å². The lowest BCUT2D eigenvalue weighted by Gasteiger charge is -2.29. The molecule has 1 aromatic heterocycles. The fourth-order valence-electron chi connectivity index (χ4n) is 4.85. The number of rotatable bonds is 7. The summed E-state index contributed by atoms with van der Waals surface area (Å²) < 4.78 is 32.9. The summed E-state index contributed by atoms with van der Waals surface area (Å²) in [5, 5.41) is 3.51. The molecule has 0 spiro atoms. The van der Waals surface area contributed by atoms with Gasteiger partial charge in [0.1, 0.15) is 5.00 Å². The van der Waals surface area contributed by atoms with E-state index in [4.69, 9.17) is 4.74 Å². The summed E-state index contributed by atoms with van der Waals surface area (Å²) in [5.74, 6) is -0.473. The van der Waals surface area contributed by atoms with Crippen molar-refractivity contribution < 1.29 is 22.7 Å². The van der Waals surface area contributed by atoms with Crippen LogP contribution in [-0.2, 0) is 27.7 Å². The zero-order valence-electron chi connectivity index (χ0n) is 22.1. The molecular formula is C28H32N4O5S2. The van der Waals surface area contributed by atoms with Crippen LogP contribution in [0.15, 0.2) is 59.5 Å². The molecular weight excluding hydrogens is 536 g/mol. The van der Waals surface area contributed by atoms with Gasteiger partial charge in [0.15, 0.2) is 0 Å². The molecule has 0 saturated carbocycles. The number of carbonyl (C=O) groups is 2. The van der Waals surface area contributed by atoms with Crippen LogP contribution in [0.2, 0.25) is 0 Å². The lowest BCUT2D eigenvalue weighted by atomic mass is 10.0. The summed E-state index contributed by atoms with van der Waals surface area (Å²) in [6.45, 7) is 6.68.